The number of rotatable bonds is 5. The minimum atomic E-state index is 0.168. The second-order valence-corrected chi connectivity index (χ2v) is 6.08. The van der Waals surface area contributed by atoms with E-state index in [1.807, 2.05) is 10.9 Å². The van der Waals surface area contributed by atoms with Crippen molar-refractivity contribution < 1.29 is 9.31 Å². The highest BCUT2D eigenvalue weighted by molar-refractivity contribution is 7.98. The monoisotopic (exact) mass is 282 g/mol. The molecule has 2 heterocycles. The Morgan fingerprint density at radius 3 is 2.84 bits per heavy atom. The van der Waals surface area contributed by atoms with E-state index in [0.29, 0.717) is 12.1 Å². The molecule has 2 atom stereocenters. The van der Waals surface area contributed by atoms with Crippen molar-refractivity contribution in [2.45, 2.75) is 50.9 Å². The van der Waals surface area contributed by atoms with Gasteiger partial charge >= 0.3 is 0 Å². The van der Waals surface area contributed by atoms with E-state index < -0.39 is 0 Å². The minimum Gasteiger partial charge on any atom is -0.660 e. The van der Waals surface area contributed by atoms with Crippen LogP contribution in [0.15, 0.2) is 17.2 Å². The van der Waals surface area contributed by atoms with E-state index in [4.69, 9.17) is 10.3 Å². The van der Waals surface area contributed by atoms with Gasteiger partial charge in [0.1, 0.15) is 5.88 Å². The quantitative estimate of drug-likeness (QED) is 0.473. The third-order valence-corrected chi connectivity index (χ3v) is 4.50. The topological polar surface area (TPSA) is 57.0 Å². The van der Waals surface area contributed by atoms with Crippen molar-refractivity contribution in [3.63, 3.8) is 0 Å². The Hall–Kier alpha value is -1.17. The average molecular weight is 282 g/mol. The summed E-state index contributed by atoms with van der Waals surface area (Å²) in [6.45, 7) is 8.13. The number of piperidine rings is 1. The maximum Gasteiger partial charge on any atom is 0.278 e. The zero-order valence-electron chi connectivity index (χ0n) is 11.6. The second-order valence-electron chi connectivity index (χ2n) is 5.05. The van der Waals surface area contributed by atoms with Crippen molar-refractivity contribution in [2.75, 3.05) is 10.8 Å². The first-order valence-corrected chi connectivity index (χ1v) is 7.90. The highest BCUT2D eigenvalue weighted by atomic mass is 32.2. The largest absolute Gasteiger partial charge is 0.660 e. The van der Waals surface area contributed by atoms with Crippen LogP contribution in [-0.4, -0.2) is 23.1 Å². The lowest BCUT2D eigenvalue weighted by molar-refractivity contribution is -0.771. The number of thioether (sulfide) groups is 1. The summed E-state index contributed by atoms with van der Waals surface area (Å²) in [6.07, 6.45) is 5.46. The van der Waals surface area contributed by atoms with Crippen LogP contribution in [0.2, 0.25) is 0 Å². The summed E-state index contributed by atoms with van der Waals surface area (Å²) < 4.78 is 5.08. The molecule has 0 aromatic carbocycles. The van der Waals surface area contributed by atoms with Crippen molar-refractivity contribution in [1.82, 2.24) is 5.27 Å². The van der Waals surface area contributed by atoms with E-state index in [0.717, 1.165) is 30.0 Å². The molecule has 106 valence electrons. The molecule has 2 rings (SSSR count). The summed E-state index contributed by atoms with van der Waals surface area (Å²) in [5.74, 6) is 1.77. The molecule has 6 heteroatoms. The molecule has 0 amide bonds. The zero-order chi connectivity index (χ0) is 13.8. The fraction of sp³-hybridized carbons (Fsp3) is 0.692. The predicted molar refractivity (Wildman–Crippen MR) is 78.0 cm³/mol. The summed E-state index contributed by atoms with van der Waals surface area (Å²) in [7, 11) is 0. The highest BCUT2D eigenvalue weighted by Crippen LogP contribution is 2.23. The molecule has 1 aliphatic heterocycles. The first-order valence-electron chi connectivity index (χ1n) is 6.75. The Morgan fingerprint density at radius 2 is 2.21 bits per heavy atom. The summed E-state index contributed by atoms with van der Waals surface area (Å²) >= 11 is 1.72. The zero-order valence-corrected chi connectivity index (χ0v) is 12.4. The Labute approximate surface area is 118 Å². The van der Waals surface area contributed by atoms with Crippen LogP contribution in [0.25, 0.3) is 5.73 Å². The Morgan fingerprint density at radius 1 is 1.53 bits per heavy atom. The molecule has 2 unspecified atom stereocenters. The van der Waals surface area contributed by atoms with Gasteiger partial charge in [0.05, 0.1) is 22.6 Å². The SMILES string of the molecule is C=CCSCc1c([NH-])on[n+]1N1C(C)CCCC1C. The van der Waals surface area contributed by atoms with Crippen LogP contribution in [-0.2, 0) is 5.75 Å². The van der Waals surface area contributed by atoms with Gasteiger partial charge in [0.25, 0.3) is 5.69 Å². The van der Waals surface area contributed by atoms with Gasteiger partial charge in [0, 0.05) is 5.75 Å². The van der Waals surface area contributed by atoms with Crippen LogP contribution in [0.4, 0.5) is 5.88 Å². The highest BCUT2D eigenvalue weighted by Gasteiger charge is 2.36. The average Bonchev–Trinajstić information content (AvgIpc) is 2.72. The van der Waals surface area contributed by atoms with Gasteiger partial charge in [-0.05, 0) is 33.1 Å². The first kappa shape index (κ1) is 14.2. The third-order valence-electron chi connectivity index (χ3n) is 3.55. The molecular weight excluding hydrogens is 260 g/mol. The van der Waals surface area contributed by atoms with Crippen LogP contribution in [0.5, 0.6) is 0 Å². The maximum absolute atomic E-state index is 7.86. The molecule has 0 spiro atoms. The number of hydrogen-bond donors (Lipinski definition) is 0. The lowest BCUT2D eigenvalue weighted by Gasteiger charge is -2.32. The normalized spacial score (nSPS) is 23.6. The molecule has 19 heavy (non-hydrogen) atoms. The Balaban J connectivity index is 2.20. The van der Waals surface area contributed by atoms with E-state index in [-0.39, 0.29) is 5.88 Å². The smallest absolute Gasteiger partial charge is 0.278 e. The van der Waals surface area contributed by atoms with Crippen LogP contribution in [0.1, 0.15) is 38.8 Å². The fourth-order valence-electron chi connectivity index (χ4n) is 2.60. The fourth-order valence-corrected chi connectivity index (χ4v) is 3.32. The minimum absolute atomic E-state index is 0.168. The molecule has 1 aromatic rings. The predicted octanol–water partition coefficient (Wildman–Crippen LogP) is 2.96. The number of nitrogens with one attached hydrogen (secondary N) is 1. The number of hydrogen-bond acceptors (Lipinski definition) is 4. The molecule has 0 radical (unpaired) electrons. The molecule has 0 bridgehead atoms. The first-order chi connectivity index (χ1) is 9.15. The van der Waals surface area contributed by atoms with Crippen molar-refractivity contribution >= 4 is 17.6 Å². The van der Waals surface area contributed by atoms with Crippen molar-refractivity contribution in [2.24, 2.45) is 0 Å². The van der Waals surface area contributed by atoms with Crippen LogP contribution >= 0.6 is 11.8 Å². The van der Waals surface area contributed by atoms with E-state index in [9.17, 15) is 0 Å². The Bertz CT molecular complexity index is 424. The van der Waals surface area contributed by atoms with Gasteiger partial charge in [-0.1, -0.05) is 6.08 Å². The number of nitrogens with zero attached hydrogens (tertiary/aromatic N) is 3. The van der Waals surface area contributed by atoms with Crippen LogP contribution in [0.3, 0.4) is 0 Å². The lowest BCUT2D eigenvalue weighted by Crippen LogP contribution is -2.69. The second kappa shape index (κ2) is 6.32. The van der Waals surface area contributed by atoms with Gasteiger partial charge < -0.3 is 10.3 Å². The standard InChI is InChI=1S/C13H22N4OS/c1-4-8-19-9-12-13(14)18-15-17(12)16-10(2)6-5-7-11(16)3/h4,10-11,14H,1,5-9H2,2-3H3. The van der Waals surface area contributed by atoms with Crippen LogP contribution in [0, 0.1) is 0 Å². The molecule has 0 saturated carbocycles. The van der Waals surface area contributed by atoms with E-state index in [1.165, 1.54) is 6.42 Å². The maximum atomic E-state index is 7.86. The summed E-state index contributed by atoms with van der Waals surface area (Å²) in [4.78, 5) is 1.81. The van der Waals surface area contributed by atoms with Gasteiger partial charge in [-0.3, -0.25) is 0 Å². The van der Waals surface area contributed by atoms with Gasteiger partial charge in [-0.2, -0.15) is 0 Å². The molecule has 1 fully saturated rings. The van der Waals surface area contributed by atoms with E-state index >= 15 is 0 Å². The van der Waals surface area contributed by atoms with Gasteiger partial charge in [0.2, 0.25) is 5.27 Å². The molecule has 5 nitrogen and oxygen atoms in total. The lowest BCUT2D eigenvalue weighted by atomic mass is 10.00. The van der Waals surface area contributed by atoms with Crippen molar-refractivity contribution in [3.05, 3.63) is 24.1 Å². The molecular formula is C13H22N4OS. The molecule has 1 aliphatic rings. The summed E-state index contributed by atoms with van der Waals surface area (Å²) in [5.41, 5.74) is 8.70. The summed E-state index contributed by atoms with van der Waals surface area (Å²) in [6, 6.07) is 0.864. The molecule has 1 aromatic heterocycles. The van der Waals surface area contributed by atoms with Crippen LogP contribution < -0.4 is 9.80 Å². The molecule has 0 aliphatic carbocycles. The van der Waals surface area contributed by atoms with Crippen molar-refractivity contribution in [3.8, 4) is 0 Å². The Kier molecular flexibility index (Phi) is 4.74. The van der Waals surface area contributed by atoms with E-state index in [2.05, 4.69) is 30.7 Å². The van der Waals surface area contributed by atoms with Gasteiger partial charge in [-0.25, -0.2) is 0 Å². The van der Waals surface area contributed by atoms with Gasteiger partial charge in [-0.15, -0.1) is 23.3 Å². The third kappa shape index (κ3) is 3.05. The molecule has 1 N–H and O–H groups in total. The van der Waals surface area contributed by atoms with Gasteiger partial charge in [0.15, 0.2) is 0 Å². The molecule has 1 saturated heterocycles. The number of aromatic nitrogens is 2. The van der Waals surface area contributed by atoms with Crippen molar-refractivity contribution in [1.29, 1.82) is 0 Å². The van der Waals surface area contributed by atoms with E-state index in [1.54, 1.807) is 11.8 Å². The summed E-state index contributed by atoms with van der Waals surface area (Å²) in [5, 5.41) is 6.30.